The number of rotatable bonds is 4. The summed E-state index contributed by atoms with van der Waals surface area (Å²) in [5.74, 6) is -0.895. The standard InChI is InChI=1S/C23H16F2N2O3S/c1-31(29,30)20-12-4-15(5-13-20)21-14-26-27(19-10-8-18(25)9-11-19)23(28)22(21)16-2-6-17(24)7-3-16/h2-14H,1H3. The summed E-state index contributed by atoms with van der Waals surface area (Å²) in [4.78, 5) is 13.5. The van der Waals surface area contributed by atoms with E-state index in [0.717, 1.165) is 10.9 Å². The van der Waals surface area contributed by atoms with Crippen LogP contribution in [-0.4, -0.2) is 24.5 Å². The van der Waals surface area contributed by atoms with Crippen molar-refractivity contribution < 1.29 is 17.2 Å². The van der Waals surface area contributed by atoms with Crippen LogP contribution in [0.1, 0.15) is 0 Å². The van der Waals surface area contributed by atoms with Crippen molar-refractivity contribution in [3.05, 3.63) is 101 Å². The van der Waals surface area contributed by atoms with Crippen LogP contribution in [0.2, 0.25) is 0 Å². The van der Waals surface area contributed by atoms with E-state index in [2.05, 4.69) is 5.10 Å². The second-order valence-corrected chi connectivity index (χ2v) is 8.95. The highest BCUT2D eigenvalue weighted by Crippen LogP contribution is 2.30. The van der Waals surface area contributed by atoms with Gasteiger partial charge in [0.2, 0.25) is 0 Å². The number of nitrogens with zero attached hydrogens (tertiary/aromatic N) is 2. The van der Waals surface area contributed by atoms with Crippen molar-refractivity contribution >= 4 is 9.84 Å². The largest absolute Gasteiger partial charge is 0.279 e. The molecule has 1 heterocycles. The van der Waals surface area contributed by atoms with Crippen molar-refractivity contribution in [1.82, 2.24) is 9.78 Å². The zero-order valence-corrected chi connectivity index (χ0v) is 17.1. The molecule has 0 N–H and O–H groups in total. The van der Waals surface area contributed by atoms with E-state index in [1.807, 2.05) is 0 Å². The highest BCUT2D eigenvalue weighted by Gasteiger charge is 2.17. The lowest BCUT2D eigenvalue weighted by Crippen LogP contribution is -2.23. The molecule has 0 radical (unpaired) electrons. The lowest BCUT2D eigenvalue weighted by molar-refractivity contribution is 0.602. The molecule has 5 nitrogen and oxygen atoms in total. The van der Waals surface area contributed by atoms with Crippen molar-refractivity contribution in [2.75, 3.05) is 6.26 Å². The Balaban J connectivity index is 1.95. The van der Waals surface area contributed by atoms with Crippen LogP contribution in [0.3, 0.4) is 0 Å². The summed E-state index contributed by atoms with van der Waals surface area (Å²) in [7, 11) is -3.38. The van der Waals surface area contributed by atoms with Crippen molar-refractivity contribution in [2.24, 2.45) is 0 Å². The highest BCUT2D eigenvalue weighted by molar-refractivity contribution is 7.90. The van der Waals surface area contributed by atoms with Gasteiger partial charge in [0.05, 0.1) is 22.3 Å². The monoisotopic (exact) mass is 438 g/mol. The predicted octanol–water partition coefficient (Wildman–Crippen LogP) is 4.25. The van der Waals surface area contributed by atoms with Gasteiger partial charge in [-0.1, -0.05) is 24.3 Å². The minimum Gasteiger partial charge on any atom is -0.267 e. The smallest absolute Gasteiger partial charge is 0.267 e. The first kappa shape index (κ1) is 20.6. The summed E-state index contributed by atoms with van der Waals surface area (Å²) < 4.78 is 51.4. The van der Waals surface area contributed by atoms with Crippen LogP contribution in [0.25, 0.3) is 27.9 Å². The fourth-order valence-corrected chi connectivity index (χ4v) is 3.85. The van der Waals surface area contributed by atoms with Crippen LogP contribution in [-0.2, 0) is 9.84 Å². The Morgan fingerprint density at radius 1 is 0.774 bits per heavy atom. The summed E-state index contributed by atoms with van der Waals surface area (Å²) in [6.07, 6.45) is 2.58. The summed E-state index contributed by atoms with van der Waals surface area (Å²) in [6, 6.07) is 16.8. The molecule has 0 atom stereocenters. The van der Waals surface area contributed by atoms with E-state index in [1.165, 1.54) is 66.9 Å². The SMILES string of the molecule is CS(=O)(=O)c1ccc(-c2cnn(-c3ccc(F)cc3)c(=O)c2-c2ccc(F)cc2)cc1. The van der Waals surface area contributed by atoms with E-state index < -0.39 is 27.0 Å². The van der Waals surface area contributed by atoms with Gasteiger partial charge in [0.15, 0.2) is 9.84 Å². The van der Waals surface area contributed by atoms with E-state index >= 15 is 0 Å². The summed E-state index contributed by atoms with van der Waals surface area (Å²) in [6.45, 7) is 0. The zero-order valence-electron chi connectivity index (χ0n) is 16.3. The van der Waals surface area contributed by atoms with Gasteiger partial charge >= 0.3 is 0 Å². The highest BCUT2D eigenvalue weighted by atomic mass is 32.2. The molecule has 0 aliphatic rings. The van der Waals surface area contributed by atoms with Gasteiger partial charge in [-0.15, -0.1) is 0 Å². The van der Waals surface area contributed by atoms with Crippen molar-refractivity contribution in [3.8, 4) is 27.9 Å². The van der Waals surface area contributed by atoms with Gasteiger partial charge in [0.1, 0.15) is 11.6 Å². The van der Waals surface area contributed by atoms with Gasteiger partial charge in [-0.2, -0.15) is 9.78 Å². The lowest BCUT2D eigenvalue weighted by Gasteiger charge is -2.13. The van der Waals surface area contributed by atoms with Crippen LogP contribution in [0, 0.1) is 11.6 Å². The topological polar surface area (TPSA) is 69.0 Å². The van der Waals surface area contributed by atoms with Gasteiger partial charge < -0.3 is 0 Å². The van der Waals surface area contributed by atoms with E-state index in [1.54, 1.807) is 12.1 Å². The molecule has 0 bridgehead atoms. The van der Waals surface area contributed by atoms with Crippen molar-refractivity contribution in [2.45, 2.75) is 4.90 Å². The lowest BCUT2D eigenvalue weighted by atomic mass is 9.97. The Hall–Kier alpha value is -3.65. The second kappa shape index (κ2) is 7.88. The van der Waals surface area contributed by atoms with Crippen LogP contribution in [0.4, 0.5) is 8.78 Å². The molecule has 4 rings (SSSR count). The number of sulfone groups is 1. The van der Waals surface area contributed by atoms with E-state index in [0.29, 0.717) is 22.4 Å². The van der Waals surface area contributed by atoms with Gasteiger partial charge in [-0.25, -0.2) is 17.2 Å². The van der Waals surface area contributed by atoms with E-state index in [4.69, 9.17) is 0 Å². The molecule has 0 spiro atoms. The molecule has 0 unspecified atom stereocenters. The van der Waals surface area contributed by atoms with Crippen LogP contribution < -0.4 is 5.56 Å². The quantitative estimate of drug-likeness (QED) is 0.478. The van der Waals surface area contributed by atoms with Gasteiger partial charge in [-0.05, 0) is 59.7 Å². The molecule has 156 valence electrons. The summed E-state index contributed by atoms with van der Waals surface area (Å²) >= 11 is 0. The molecule has 8 heteroatoms. The molecular weight excluding hydrogens is 422 g/mol. The number of hydrogen-bond donors (Lipinski definition) is 0. The first-order chi connectivity index (χ1) is 14.7. The van der Waals surface area contributed by atoms with Gasteiger partial charge in [-0.3, -0.25) is 4.79 Å². The molecular formula is C23H16F2N2O3S. The molecule has 0 amide bonds. The molecule has 0 aliphatic carbocycles. The first-order valence-electron chi connectivity index (χ1n) is 9.19. The van der Waals surface area contributed by atoms with Crippen molar-refractivity contribution in [1.29, 1.82) is 0 Å². The van der Waals surface area contributed by atoms with Crippen molar-refractivity contribution in [3.63, 3.8) is 0 Å². The molecule has 0 saturated heterocycles. The number of halogens is 2. The summed E-state index contributed by atoms with van der Waals surface area (Å²) in [5, 5.41) is 4.22. The van der Waals surface area contributed by atoms with Crippen LogP contribution in [0.15, 0.2) is 88.7 Å². The Bertz CT molecular complexity index is 1410. The third-order valence-electron chi connectivity index (χ3n) is 4.78. The fraction of sp³-hybridized carbons (Fsp3) is 0.0435. The molecule has 0 fully saturated rings. The van der Waals surface area contributed by atoms with Crippen LogP contribution >= 0.6 is 0 Å². The average molecular weight is 438 g/mol. The fourth-order valence-electron chi connectivity index (χ4n) is 3.22. The third-order valence-corrected chi connectivity index (χ3v) is 5.90. The maximum Gasteiger partial charge on any atom is 0.279 e. The molecule has 4 aromatic rings. The Morgan fingerprint density at radius 3 is 1.84 bits per heavy atom. The molecule has 0 aliphatic heterocycles. The molecule has 31 heavy (non-hydrogen) atoms. The van der Waals surface area contributed by atoms with E-state index in [9.17, 15) is 22.0 Å². The Morgan fingerprint density at radius 2 is 1.29 bits per heavy atom. The average Bonchev–Trinajstić information content (AvgIpc) is 2.75. The minimum atomic E-state index is -3.38. The van der Waals surface area contributed by atoms with Gasteiger partial charge in [0, 0.05) is 11.8 Å². The predicted molar refractivity (Wildman–Crippen MR) is 114 cm³/mol. The minimum absolute atomic E-state index is 0.146. The second-order valence-electron chi connectivity index (χ2n) is 6.93. The molecule has 3 aromatic carbocycles. The van der Waals surface area contributed by atoms with Crippen LogP contribution in [0.5, 0.6) is 0 Å². The number of hydrogen-bond acceptors (Lipinski definition) is 4. The van der Waals surface area contributed by atoms with Gasteiger partial charge in [0.25, 0.3) is 5.56 Å². The Labute approximate surface area is 177 Å². The third kappa shape index (κ3) is 4.15. The zero-order chi connectivity index (χ0) is 22.2. The first-order valence-corrected chi connectivity index (χ1v) is 11.1. The molecule has 1 aromatic heterocycles. The Kier molecular flexibility index (Phi) is 5.24. The normalized spacial score (nSPS) is 11.5. The molecule has 0 saturated carbocycles. The maximum atomic E-state index is 13.5. The number of benzene rings is 3. The number of aromatic nitrogens is 2. The van der Waals surface area contributed by atoms with E-state index in [-0.39, 0.29) is 10.5 Å². The summed E-state index contributed by atoms with van der Waals surface area (Å²) in [5.41, 5.74) is 1.63. The maximum absolute atomic E-state index is 13.5.